The predicted molar refractivity (Wildman–Crippen MR) is 85.9 cm³/mol. The zero-order valence-electron chi connectivity index (χ0n) is 12.9. The topological polar surface area (TPSA) is 20.2 Å². The van der Waals surface area contributed by atoms with Crippen molar-refractivity contribution in [1.82, 2.24) is 0 Å². The molecular formula is C19H30O. The number of hydrogen-bond donors (Lipinski definition) is 1. The molecule has 3 atom stereocenters. The molecule has 1 nitrogen and oxygen atoms in total. The van der Waals surface area contributed by atoms with Gasteiger partial charge in [0.15, 0.2) is 0 Å². The van der Waals surface area contributed by atoms with Gasteiger partial charge in [-0.15, -0.1) is 0 Å². The molecule has 1 N–H and O–H groups in total. The SMILES string of the molecule is CCCCCCCCCC(O)C1CC1c1ccccc1. The van der Waals surface area contributed by atoms with Crippen LogP contribution in [0.4, 0.5) is 0 Å². The van der Waals surface area contributed by atoms with Crippen LogP contribution in [-0.2, 0) is 0 Å². The second-order valence-electron chi connectivity index (χ2n) is 6.39. The van der Waals surface area contributed by atoms with Crippen LogP contribution in [0.15, 0.2) is 30.3 Å². The molecule has 0 heterocycles. The highest BCUT2D eigenvalue weighted by Gasteiger charge is 2.42. The molecule has 1 heteroatoms. The molecule has 0 amide bonds. The largest absolute Gasteiger partial charge is 0.393 e. The van der Waals surface area contributed by atoms with E-state index in [1.807, 2.05) is 0 Å². The molecule has 2 rings (SSSR count). The molecular weight excluding hydrogens is 244 g/mol. The van der Waals surface area contributed by atoms with Gasteiger partial charge in [0.05, 0.1) is 6.10 Å². The Morgan fingerprint density at radius 2 is 1.65 bits per heavy atom. The van der Waals surface area contributed by atoms with Crippen LogP contribution in [0.5, 0.6) is 0 Å². The third-order valence-electron chi connectivity index (χ3n) is 4.67. The van der Waals surface area contributed by atoms with Crippen LogP contribution in [0.1, 0.15) is 76.2 Å². The summed E-state index contributed by atoms with van der Waals surface area (Å²) in [5.74, 6) is 1.15. The van der Waals surface area contributed by atoms with Gasteiger partial charge in [0, 0.05) is 0 Å². The lowest BCUT2D eigenvalue weighted by molar-refractivity contribution is 0.135. The van der Waals surface area contributed by atoms with Gasteiger partial charge in [0.25, 0.3) is 0 Å². The zero-order chi connectivity index (χ0) is 14.2. The van der Waals surface area contributed by atoms with Gasteiger partial charge in [0.2, 0.25) is 0 Å². The fourth-order valence-electron chi connectivity index (χ4n) is 3.25. The Balaban J connectivity index is 1.55. The number of aliphatic hydroxyl groups is 1. The molecule has 0 saturated heterocycles. The van der Waals surface area contributed by atoms with Crippen LogP contribution in [0.25, 0.3) is 0 Å². The first-order chi connectivity index (χ1) is 9.83. The summed E-state index contributed by atoms with van der Waals surface area (Å²) in [6, 6.07) is 10.7. The summed E-state index contributed by atoms with van der Waals surface area (Å²) in [5, 5.41) is 10.3. The molecule has 0 aliphatic heterocycles. The third-order valence-corrected chi connectivity index (χ3v) is 4.67. The van der Waals surface area contributed by atoms with E-state index in [0.29, 0.717) is 11.8 Å². The maximum absolute atomic E-state index is 10.3. The fraction of sp³-hybridized carbons (Fsp3) is 0.684. The summed E-state index contributed by atoms with van der Waals surface area (Å²) in [7, 11) is 0. The Morgan fingerprint density at radius 3 is 2.35 bits per heavy atom. The first-order valence-corrected chi connectivity index (χ1v) is 8.56. The van der Waals surface area contributed by atoms with Gasteiger partial charge >= 0.3 is 0 Å². The fourth-order valence-corrected chi connectivity index (χ4v) is 3.25. The quantitative estimate of drug-likeness (QED) is 0.575. The van der Waals surface area contributed by atoms with Crippen LogP contribution < -0.4 is 0 Å². The van der Waals surface area contributed by atoms with E-state index in [-0.39, 0.29) is 6.10 Å². The Morgan fingerprint density at radius 1 is 1.00 bits per heavy atom. The Kier molecular flexibility index (Phi) is 6.59. The van der Waals surface area contributed by atoms with Crippen molar-refractivity contribution in [3.05, 3.63) is 35.9 Å². The molecule has 3 unspecified atom stereocenters. The molecule has 1 aliphatic rings. The van der Waals surface area contributed by atoms with E-state index in [2.05, 4.69) is 37.3 Å². The van der Waals surface area contributed by atoms with Crippen molar-refractivity contribution in [3.63, 3.8) is 0 Å². The van der Waals surface area contributed by atoms with Crippen molar-refractivity contribution < 1.29 is 5.11 Å². The van der Waals surface area contributed by atoms with Gasteiger partial charge in [-0.1, -0.05) is 82.2 Å². The summed E-state index contributed by atoms with van der Waals surface area (Å²) < 4.78 is 0. The minimum atomic E-state index is -0.0733. The van der Waals surface area contributed by atoms with Crippen molar-refractivity contribution in [2.75, 3.05) is 0 Å². The van der Waals surface area contributed by atoms with E-state index in [1.54, 1.807) is 0 Å². The Bertz CT molecular complexity index is 359. The number of rotatable bonds is 10. The molecule has 0 aromatic heterocycles. The molecule has 112 valence electrons. The summed E-state index contributed by atoms with van der Waals surface area (Å²) >= 11 is 0. The summed E-state index contributed by atoms with van der Waals surface area (Å²) in [6.07, 6.45) is 11.4. The lowest BCUT2D eigenvalue weighted by Gasteiger charge is -2.10. The number of hydrogen-bond acceptors (Lipinski definition) is 1. The minimum absolute atomic E-state index is 0.0733. The van der Waals surface area contributed by atoms with Crippen molar-refractivity contribution in [2.45, 2.75) is 76.7 Å². The van der Waals surface area contributed by atoms with Crippen molar-refractivity contribution in [3.8, 4) is 0 Å². The van der Waals surface area contributed by atoms with Crippen molar-refractivity contribution >= 4 is 0 Å². The third kappa shape index (κ3) is 4.94. The lowest BCUT2D eigenvalue weighted by Crippen LogP contribution is -2.10. The second-order valence-corrected chi connectivity index (χ2v) is 6.39. The minimum Gasteiger partial charge on any atom is -0.393 e. The molecule has 1 aromatic rings. The van der Waals surface area contributed by atoms with Gasteiger partial charge in [-0.05, 0) is 30.2 Å². The average molecular weight is 274 g/mol. The monoisotopic (exact) mass is 274 g/mol. The second kappa shape index (κ2) is 8.46. The van der Waals surface area contributed by atoms with E-state index >= 15 is 0 Å². The number of aliphatic hydroxyl groups excluding tert-OH is 1. The molecule has 1 saturated carbocycles. The van der Waals surface area contributed by atoms with Crippen LogP contribution in [-0.4, -0.2) is 11.2 Å². The molecule has 0 bridgehead atoms. The Labute approximate surface area is 124 Å². The molecule has 1 aliphatic carbocycles. The zero-order valence-corrected chi connectivity index (χ0v) is 12.9. The predicted octanol–water partition coefficient (Wildman–Crippen LogP) is 5.29. The maximum Gasteiger partial charge on any atom is 0.0574 e. The summed E-state index contributed by atoms with van der Waals surface area (Å²) in [6.45, 7) is 2.26. The number of benzene rings is 1. The summed E-state index contributed by atoms with van der Waals surface area (Å²) in [4.78, 5) is 0. The van der Waals surface area contributed by atoms with Crippen LogP contribution >= 0.6 is 0 Å². The van der Waals surface area contributed by atoms with Crippen LogP contribution in [0.3, 0.4) is 0 Å². The molecule has 0 spiro atoms. The van der Waals surface area contributed by atoms with E-state index < -0.39 is 0 Å². The molecule has 20 heavy (non-hydrogen) atoms. The highest BCUT2D eigenvalue weighted by Crippen LogP contribution is 2.50. The van der Waals surface area contributed by atoms with E-state index in [9.17, 15) is 5.11 Å². The van der Waals surface area contributed by atoms with E-state index in [0.717, 1.165) is 6.42 Å². The maximum atomic E-state index is 10.3. The molecule has 1 fully saturated rings. The van der Waals surface area contributed by atoms with Gasteiger partial charge in [0.1, 0.15) is 0 Å². The average Bonchev–Trinajstić information content (AvgIpc) is 3.27. The smallest absolute Gasteiger partial charge is 0.0574 e. The first kappa shape index (κ1) is 15.6. The Hall–Kier alpha value is -0.820. The standard InChI is InChI=1S/C19H30O/c1-2-3-4-5-6-7-11-14-19(20)18-15-17(18)16-12-9-8-10-13-16/h8-10,12-13,17-20H,2-7,11,14-15H2,1H3. The van der Waals surface area contributed by atoms with E-state index in [4.69, 9.17) is 0 Å². The normalized spacial score (nSPS) is 22.7. The number of unbranched alkanes of at least 4 members (excludes halogenated alkanes) is 6. The van der Waals surface area contributed by atoms with Gasteiger partial charge in [-0.2, -0.15) is 0 Å². The summed E-state index contributed by atoms with van der Waals surface area (Å²) in [5.41, 5.74) is 1.41. The highest BCUT2D eigenvalue weighted by atomic mass is 16.3. The first-order valence-electron chi connectivity index (χ1n) is 8.56. The van der Waals surface area contributed by atoms with Crippen molar-refractivity contribution in [1.29, 1.82) is 0 Å². The molecule has 0 radical (unpaired) electrons. The van der Waals surface area contributed by atoms with Gasteiger partial charge < -0.3 is 5.11 Å². The lowest BCUT2D eigenvalue weighted by atomic mass is 10.0. The van der Waals surface area contributed by atoms with Gasteiger partial charge in [-0.3, -0.25) is 0 Å². The van der Waals surface area contributed by atoms with Crippen LogP contribution in [0, 0.1) is 5.92 Å². The van der Waals surface area contributed by atoms with Crippen LogP contribution in [0.2, 0.25) is 0 Å². The molecule has 1 aromatic carbocycles. The van der Waals surface area contributed by atoms with Crippen molar-refractivity contribution in [2.24, 2.45) is 5.92 Å². The van der Waals surface area contributed by atoms with E-state index in [1.165, 1.54) is 56.9 Å². The highest BCUT2D eigenvalue weighted by molar-refractivity contribution is 5.26. The van der Waals surface area contributed by atoms with Gasteiger partial charge in [-0.25, -0.2) is 0 Å².